The SMILES string of the molecule is COCCCN(Cc1nc(C(=O)OC)co1)S(=O)(=O)c1cc(Cl)ccc1Cl. The van der Waals surface area contributed by atoms with E-state index < -0.39 is 16.0 Å². The maximum atomic E-state index is 13.1. The molecule has 27 heavy (non-hydrogen) atoms. The Bertz CT molecular complexity index is 900. The van der Waals surface area contributed by atoms with E-state index in [4.69, 9.17) is 32.4 Å². The van der Waals surface area contributed by atoms with Crippen molar-refractivity contribution in [2.45, 2.75) is 17.9 Å². The molecule has 1 aromatic heterocycles. The van der Waals surface area contributed by atoms with Gasteiger partial charge in [-0.15, -0.1) is 0 Å². The highest BCUT2D eigenvalue weighted by molar-refractivity contribution is 7.89. The first-order valence-corrected chi connectivity index (χ1v) is 9.96. The number of aromatic nitrogens is 1. The van der Waals surface area contributed by atoms with Crippen LogP contribution in [0.25, 0.3) is 0 Å². The third-order valence-electron chi connectivity index (χ3n) is 3.52. The highest BCUT2D eigenvalue weighted by Crippen LogP contribution is 2.28. The van der Waals surface area contributed by atoms with Crippen LogP contribution in [0.3, 0.4) is 0 Å². The quantitative estimate of drug-likeness (QED) is 0.439. The minimum atomic E-state index is -4.00. The maximum absolute atomic E-state index is 13.1. The normalized spacial score (nSPS) is 11.7. The van der Waals surface area contributed by atoms with Gasteiger partial charge in [-0.3, -0.25) is 0 Å². The van der Waals surface area contributed by atoms with Crippen molar-refractivity contribution in [2.24, 2.45) is 0 Å². The number of ether oxygens (including phenoxy) is 2. The first-order chi connectivity index (χ1) is 12.8. The summed E-state index contributed by atoms with van der Waals surface area (Å²) in [6.45, 7) is 0.273. The maximum Gasteiger partial charge on any atom is 0.360 e. The Labute approximate surface area is 167 Å². The summed E-state index contributed by atoms with van der Waals surface area (Å²) in [6, 6.07) is 4.18. The number of esters is 1. The Morgan fingerprint density at radius 1 is 1.30 bits per heavy atom. The second-order valence-electron chi connectivity index (χ2n) is 5.38. The van der Waals surface area contributed by atoms with E-state index in [0.29, 0.717) is 13.0 Å². The van der Waals surface area contributed by atoms with E-state index in [-0.39, 0.29) is 39.6 Å². The molecule has 0 saturated carbocycles. The molecule has 0 radical (unpaired) electrons. The molecule has 0 aliphatic carbocycles. The van der Waals surface area contributed by atoms with E-state index in [1.807, 2.05) is 0 Å². The fraction of sp³-hybridized carbons (Fsp3) is 0.375. The summed E-state index contributed by atoms with van der Waals surface area (Å²) in [7, 11) is -1.28. The number of benzene rings is 1. The summed E-state index contributed by atoms with van der Waals surface area (Å²) in [5.74, 6) is -0.647. The monoisotopic (exact) mass is 436 g/mol. The van der Waals surface area contributed by atoms with Crippen LogP contribution in [0.1, 0.15) is 22.8 Å². The summed E-state index contributed by atoms with van der Waals surface area (Å²) in [5, 5.41) is 0.276. The minimum absolute atomic E-state index is 0.0366. The molecule has 0 aliphatic rings. The summed E-state index contributed by atoms with van der Waals surface area (Å²) in [4.78, 5) is 15.3. The van der Waals surface area contributed by atoms with Gasteiger partial charge in [0.1, 0.15) is 11.2 Å². The van der Waals surface area contributed by atoms with Crippen molar-refractivity contribution in [1.82, 2.24) is 9.29 Å². The molecule has 1 heterocycles. The van der Waals surface area contributed by atoms with Crippen molar-refractivity contribution in [3.63, 3.8) is 0 Å². The molecule has 2 rings (SSSR count). The lowest BCUT2D eigenvalue weighted by atomic mass is 10.4. The molecule has 1 aromatic carbocycles. The Kier molecular flexibility index (Phi) is 7.63. The number of hydrogen-bond donors (Lipinski definition) is 0. The number of rotatable bonds is 9. The summed E-state index contributed by atoms with van der Waals surface area (Å²) in [6.07, 6.45) is 1.53. The zero-order valence-electron chi connectivity index (χ0n) is 14.6. The van der Waals surface area contributed by atoms with Crippen LogP contribution in [-0.2, 0) is 26.0 Å². The number of sulfonamides is 1. The molecular weight excluding hydrogens is 419 g/mol. The largest absolute Gasteiger partial charge is 0.464 e. The number of oxazole rings is 1. The van der Waals surface area contributed by atoms with Gasteiger partial charge >= 0.3 is 5.97 Å². The van der Waals surface area contributed by atoms with E-state index in [1.54, 1.807) is 0 Å². The van der Waals surface area contributed by atoms with Crippen molar-refractivity contribution in [2.75, 3.05) is 27.4 Å². The summed E-state index contributed by atoms with van der Waals surface area (Å²) in [5.41, 5.74) is -0.0532. The van der Waals surface area contributed by atoms with Crippen molar-refractivity contribution in [1.29, 1.82) is 0 Å². The molecule has 0 unspecified atom stereocenters. The molecule has 11 heteroatoms. The fourth-order valence-corrected chi connectivity index (χ4v) is 4.38. The van der Waals surface area contributed by atoms with E-state index >= 15 is 0 Å². The average Bonchev–Trinajstić information content (AvgIpc) is 3.11. The number of nitrogens with zero attached hydrogens (tertiary/aromatic N) is 2. The molecule has 148 valence electrons. The van der Waals surface area contributed by atoms with Crippen LogP contribution in [-0.4, -0.2) is 51.0 Å². The Hall–Kier alpha value is -1.65. The summed E-state index contributed by atoms with van der Waals surface area (Å²) < 4.78 is 42.0. The number of halogens is 2. The van der Waals surface area contributed by atoms with E-state index in [2.05, 4.69) is 9.72 Å². The minimum Gasteiger partial charge on any atom is -0.464 e. The van der Waals surface area contributed by atoms with Crippen molar-refractivity contribution in [3.8, 4) is 0 Å². The van der Waals surface area contributed by atoms with E-state index in [1.165, 1.54) is 32.4 Å². The lowest BCUT2D eigenvalue weighted by Gasteiger charge is -2.21. The third-order valence-corrected chi connectivity index (χ3v) is 6.09. The smallest absolute Gasteiger partial charge is 0.360 e. The fourth-order valence-electron chi connectivity index (χ4n) is 2.22. The highest BCUT2D eigenvalue weighted by atomic mass is 35.5. The first-order valence-electron chi connectivity index (χ1n) is 7.76. The molecule has 0 saturated heterocycles. The molecule has 0 atom stereocenters. The van der Waals surface area contributed by atoms with Gasteiger partial charge in [-0.2, -0.15) is 4.31 Å². The number of methoxy groups -OCH3 is 2. The molecule has 8 nitrogen and oxygen atoms in total. The lowest BCUT2D eigenvalue weighted by Crippen LogP contribution is -2.32. The Balaban J connectivity index is 2.34. The molecule has 0 spiro atoms. The average molecular weight is 437 g/mol. The van der Waals surface area contributed by atoms with E-state index in [0.717, 1.165) is 10.6 Å². The Morgan fingerprint density at radius 3 is 2.70 bits per heavy atom. The van der Waals surface area contributed by atoms with Crippen LogP contribution in [0.2, 0.25) is 10.0 Å². The van der Waals surface area contributed by atoms with Crippen molar-refractivity contribution in [3.05, 3.63) is 46.1 Å². The zero-order chi connectivity index (χ0) is 20.0. The molecular formula is C16H18Cl2N2O6S. The first kappa shape index (κ1) is 21.6. The second-order valence-corrected chi connectivity index (χ2v) is 8.13. The zero-order valence-corrected chi connectivity index (χ0v) is 17.0. The van der Waals surface area contributed by atoms with Crippen molar-refractivity contribution < 1.29 is 27.1 Å². The molecule has 0 fully saturated rings. The predicted octanol–water partition coefficient (Wildman–Crippen LogP) is 3.00. The molecule has 0 amide bonds. The van der Waals surface area contributed by atoms with Crippen LogP contribution < -0.4 is 0 Å². The van der Waals surface area contributed by atoms with Gasteiger partial charge in [-0.25, -0.2) is 18.2 Å². The molecule has 2 aromatic rings. The van der Waals surface area contributed by atoms with Crippen LogP contribution in [0.15, 0.2) is 33.8 Å². The molecule has 0 aliphatic heterocycles. The van der Waals surface area contributed by atoms with Gasteiger partial charge in [0.15, 0.2) is 5.69 Å². The topological polar surface area (TPSA) is 98.9 Å². The van der Waals surface area contributed by atoms with Crippen LogP contribution in [0, 0.1) is 0 Å². The van der Waals surface area contributed by atoms with Gasteiger partial charge in [-0.05, 0) is 24.6 Å². The van der Waals surface area contributed by atoms with Crippen LogP contribution in [0.5, 0.6) is 0 Å². The second kappa shape index (κ2) is 9.52. The molecule has 0 bridgehead atoms. The van der Waals surface area contributed by atoms with Gasteiger partial charge in [0.25, 0.3) is 0 Å². The van der Waals surface area contributed by atoms with Gasteiger partial charge in [-0.1, -0.05) is 23.2 Å². The highest BCUT2D eigenvalue weighted by Gasteiger charge is 2.29. The Morgan fingerprint density at radius 2 is 2.04 bits per heavy atom. The van der Waals surface area contributed by atoms with Gasteiger partial charge in [0, 0.05) is 25.3 Å². The van der Waals surface area contributed by atoms with Gasteiger partial charge in [0.05, 0.1) is 18.7 Å². The van der Waals surface area contributed by atoms with Gasteiger partial charge < -0.3 is 13.9 Å². The summed E-state index contributed by atoms with van der Waals surface area (Å²) >= 11 is 12.0. The van der Waals surface area contributed by atoms with Gasteiger partial charge in [0.2, 0.25) is 15.9 Å². The van der Waals surface area contributed by atoms with Crippen LogP contribution in [0.4, 0.5) is 0 Å². The predicted molar refractivity (Wildman–Crippen MR) is 98.4 cm³/mol. The van der Waals surface area contributed by atoms with E-state index in [9.17, 15) is 13.2 Å². The van der Waals surface area contributed by atoms with Crippen molar-refractivity contribution >= 4 is 39.2 Å². The standard InChI is InChI=1S/C16H18Cl2N2O6S/c1-24-7-3-6-20(9-15-19-13(10-26-15)16(21)25-2)27(22,23)14-8-11(17)4-5-12(14)18/h4-5,8,10H,3,6-7,9H2,1-2H3. The molecule has 0 N–H and O–H groups in total. The van der Waals surface area contributed by atoms with Crippen LogP contribution >= 0.6 is 23.2 Å². The lowest BCUT2D eigenvalue weighted by molar-refractivity contribution is 0.0594. The third kappa shape index (κ3) is 5.43. The number of carbonyl (C=O) groups is 1. The number of hydrogen-bond acceptors (Lipinski definition) is 7. The number of carbonyl (C=O) groups excluding carboxylic acids is 1.